The average molecular weight is 323 g/mol. The molecule has 0 rings (SSSR count). The summed E-state index contributed by atoms with van der Waals surface area (Å²) in [6, 6.07) is 0. The molecule has 5 heavy (non-hydrogen) atoms. The van der Waals surface area contributed by atoms with E-state index >= 15 is 0 Å². The molecule has 5 heteroatoms. The topological polar surface area (TPSA) is 0 Å². The molecule has 5 radical (unpaired) electrons. The van der Waals surface area contributed by atoms with Gasteiger partial charge in [-0.25, -0.2) is 0 Å². The summed E-state index contributed by atoms with van der Waals surface area (Å²) in [6.07, 6.45) is 0. The zero-order valence-electron chi connectivity index (χ0n) is 2.33. The van der Waals surface area contributed by atoms with Crippen LogP contribution in [0.25, 0.3) is 0 Å². The third-order valence-corrected chi connectivity index (χ3v) is 0. The van der Waals surface area contributed by atoms with Crippen LogP contribution in [0.2, 0.25) is 0 Å². The van der Waals surface area contributed by atoms with Crippen LogP contribution >= 0.6 is 0 Å². The molecule has 0 N–H and O–H groups in total. The molecule has 0 aliphatic carbocycles. The van der Waals surface area contributed by atoms with E-state index in [0.717, 1.165) is 0 Å². The molecule has 0 aliphatic heterocycles. The molecule has 0 nitrogen and oxygen atoms in total. The second-order valence-electron chi connectivity index (χ2n) is 0. The molecule has 0 aromatic heterocycles. The molecule has 27 valence electrons. The Hall–Kier alpha value is 3.39. The monoisotopic (exact) mass is 321 g/mol. The normalized spacial score (nSPS) is 0. The van der Waals surface area contributed by atoms with Gasteiger partial charge in [0.15, 0.2) is 0 Å². The zero-order chi connectivity index (χ0) is 0. The molecule has 0 amide bonds. The molecule has 0 heterocycles. The summed E-state index contributed by atoms with van der Waals surface area (Å²) >= 11 is 0. The summed E-state index contributed by atoms with van der Waals surface area (Å²) in [5, 5.41) is 0. The van der Waals surface area contributed by atoms with E-state index < -0.39 is 0 Å². The maximum atomic E-state index is 0. The van der Waals surface area contributed by atoms with E-state index in [1.807, 2.05) is 0 Å². The SMILES string of the molecule is [Al].[Cu].[Nb].[Ti].[Zr]. The molecular weight excluding hydrogens is 323 g/mol. The Kier molecular flexibility index (Phi) is 209. The quantitative estimate of drug-likeness (QED) is 0.533. The van der Waals surface area contributed by atoms with E-state index in [0.29, 0.717) is 0 Å². The molecule has 0 saturated heterocycles. The molecule has 0 spiro atoms. The van der Waals surface area contributed by atoms with Crippen LogP contribution in [-0.4, -0.2) is 17.4 Å². The van der Waals surface area contributed by atoms with Gasteiger partial charge >= 0.3 is 0 Å². The van der Waals surface area contributed by atoms with Crippen molar-refractivity contribution in [1.82, 2.24) is 0 Å². The first kappa shape index (κ1) is 39.9. The van der Waals surface area contributed by atoms with Crippen molar-refractivity contribution in [2.45, 2.75) is 0 Å². The van der Waals surface area contributed by atoms with Crippen LogP contribution in [0, 0.1) is 0 Å². The van der Waals surface area contributed by atoms with E-state index in [9.17, 15) is 0 Å². The van der Waals surface area contributed by atoms with Crippen molar-refractivity contribution < 1.29 is 87.4 Å². The van der Waals surface area contributed by atoms with Gasteiger partial charge in [-0.1, -0.05) is 0 Å². The van der Waals surface area contributed by atoms with Crippen LogP contribution in [0.3, 0.4) is 0 Å². The fraction of sp³-hybridized carbons (Fsp3) is 0. The summed E-state index contributed by atoms with van der Waals surface area (Å²) in [4.78, 5) is 0. The maximum absolute atomic E-state index is 0. The predicted molar refractivity (Wildman–Crippen MR) is 5.75 cm³/mol. The largest absolute Gasteiger partial charge is 0 e. The Labute approximate surface area is 103 Å². The van der Waals surface area contributed by atoms with Crippen molar-refractivity contribution in [2.75, 3.05) is 0 Å². The average Bonchev–Trinajstić information content (AvgIpc) is 0. The number of hydrogen-bond acceptors (Lipinski definition) is 0. The van der Waals surface area contributed by atoms with Gasteiger partial charge in [0.05, 0.1) is 0 Å². The van der Waals surface area contributed by atoms with Crippen LogP contribution in [0.15, 0.2) is 0 Å². The van der Waals surface area contributed by atoms with Crippen molar-refractivity contribution in [1.29, 1.82) is 0 Å². The first-order valence-electron chi connectivity index (χ1n) is 0. The summed E-state index contributed by atoms with van der Waals surface area (Å²) in [6.45, 7) is 0. The van der Waals surface area contributed by atoms with E-state index in [2.05, 4.69) is 0 Å². The standard InChI is InChI=1S/Al.Cu.Nb.Ti.Zr. The van der Waals surface area contributed by atoms with Crippen molar-refractivity contribution in [3.05, 3.63) is 0 Å². The predicted octanol–water partition coefficient (Wildman–Crippen LogP) is -0.391. The molecule has 0 unspecified atom stereocenters. The van der Waals surface area contributed by atoms with Crippen LogP contribution < -0.4 is 0 Å². The summed E-state index contributed by atoms with van der Waals surface area (Å²) < 4.78 is 0. The van der Waals surface area contributed by atoms with Gasteiger partial charge < -0.3 is 0 Å². The number of hydrogen-bond donors (Lipinski definition) is 0. The molecule has 0 aromatic carbocycles. The maximum Gasteiger partial charge on any atom is 0 e. The third kappa shape index (κ3) is 18.7. The minimum Gasteiger partial charge on any atom is 0 e. The Morgan fingerprint density at radius 3 is 1.00 bits per heavy atom. The molecule has 0 bridgehead atoms. The molecule has 0 saturated carbocycles. The summed E-state index contributed by atoms with van der Waals surface area (Å²) in [5.41, 5.74) is 0. The molecule has 0 atom stereocenters. The Morgan fingerprint density at radius 1 is 1.00 bits per heavy atom. The Morgan fingerprint density at radius 2 is 1.00 bits per heavy atom. The molecule has 0 fully saturated rings. The van der Waals surface area contributed by atoms with Crippen LogP contribution in [0.4, 0.5) is 0 Å². The smallest absolute Gasteiger partial charge is 0 e. The van der Waals surface area contributed by atoms with E-state index in [1.165, 1.54) is 0 Å². The van der Waals surface area contributed by atoms with Gasteiger partial charge in [-0.2, -0.15) is 0 Å². The van der Waals surface area contributed by atoms with E-state index in [1.54, 1.807) is 0 Å². The van der Waals surface area contributed by atoms with Gasteiger partial charge in [-0.15, -0.1) is 0 Å². The first-order chi connectivity index (χ1) is 0. The van der Waals surface area contributed by atoms with Crippen molar-refractivity contribution in [3.63, 3.8) is 0 Å². The molecule has 0 aromatic rings. The molecule has 0 aliphatic rings. The van der Waals surface area contributed by atoms with Crippen molar-refractivity contribution in [3.8, 4) is 0 Å². The van der Waals surface area contributed by atoms with Gasteiger partial charge in [0.25, 0.3) is 0 Å². The molecular formula is AlCuNbTiZr. The Bertz CT molecular complexity index is 11.6. The third-order valence-electron chi connectivity index (χ3n) is 0. The van der Waals surface area contributed by atoms with Gasteiger partial charge in [0.2, 0.25) is 0 Å². The summed E-state index contributed by atoms with van der Waals surface area (Å²) in [7, 11) is 0. The van der Waals surface area contributed by atoms with E-state index in [4.69, 9.17) is 0 Å². The van der Waals surface area contributed by atoms with E-state index in [-0.39, 0.29) is 105 Å². The van der Waals surface area contributed by atoms with Gasteiger partial charge in [0.1, 0.15) is 0 Å². The second-order valence-corrected chi connectivity index (χ2v) is 0. The van der Waals surface area contributed by atoms with Crippen molar-refractivity contribution >= 4 is 17.4 Å². The fourth-order valence-electron chi connectivity index (χ4n) is 0. The van der Waals surface area contributed by atoms with Gasteiger partial charge in [-0.3, -0.25) is 0 Å². The second kappa shape index (κ2) is 26.3. The van der Waals surface area contributed by atoms with Crippen LogP contribution in [0.5, 0.6) is 0 Å². The van der Waals surface area contributed by atoms with Gasteiger partial charge in [0, 0.05) is 105 Å². The summed E-state index contributed by atoms with van der Waals surface area (Å²) in [5.74, 6) is 0. The minimum absolute atomic E-state index is 0. The van der Waals surface area contributed by atoms with Gasteiger partial charge in [-0.05, 0) is 0 Å². The fourth-order valence-corrected chi connectivity index (χ4v) is 0. The van der Waals surface area contributed by atoms with Crippen LogP contribution in [-0.2, 0) is 87.4 Å². The first-order valence-corrected chi connectivity index (χ1v) is 0. The van der Waals surface area contributed by atoms with Crippen molar-refractivity contribution in [2.24, 2.45) is 0 Å². The zero-order valence-corrected chi connectivity index (χ0v) is 10.6. The number of rotatable bonds is 0. The Balaban J connectivity index is 0. The minimum atomic E-state index is 0. The van der Waals surface area contributed by atoms with Crippen LogP contribution in [0.1, 0.15) is 0 Å².